The Kier molecular flexibility index (Phi) is 7.02. The standard InChI is InChI=1S/C23H34FNO/c1-17(6-7-18(2)26)25-14-12-19(13-15-25)8-9-20-10-11-21(24)16-22(20)23(3,4)5/h10-11,16,19H,1,6-9,12-15H2,2-5H3. The van der Waals surface area contributed by atoms with E-state index in [0.717, 1.165) is 43.6 Å². The third kappa shape index (κ3) is 5.96. The Labute approximate surface area is 158 Å². The normalized spacial score (nSPS) is 16.0. The molecule has 2 rings (SSSR count). The number of hydrogen-bond donors (Lipinski definition) is 0. The first-order valence-corrected chi connectivity index (χ1v) is 9.88. The van der Waals surface area contributed by atoms with E-state index in [2.05, 4.69) is 32.3 Å². The third-order valence-electron chi connectivity index (χ3n) is 5.53. The summed E-state index contributed by atoms with van der Waals surface area (Å²) < 4.78 is 13.7. The van der Waals surface area contributed by atoms with Gasteiger partial charge in [0.1, 0.15) is 11.6 Å². The summed E-state index contributed by atoms with van der Waals surface area (Å²) in [5, 5.41) is 0. The van der Waals surface area contributed by atoms with Gasteiger partial charge >= 0.3 is 0 Å². The van der Waals surface area contributed by atoms with Crippen LogP contribution in [0.3, 0.4) is 0 Å². The van der Waals surface area contributed by atoms with Crippen LogP contribution in [0.25, 0.3) is 0 Å². The minimum atomic E-state index is -0.143. The van der Waals surface area contributed by atoms with Crippen molar-refractivity contribution in [1.29, 1.82) is 0 Å². The van der Waals surface area contributed by atoms with Crippen molar-refractivity contribution >= 4 is 5.78 Å². The predicted molar refractivity (Wildman–Crippen MR) is 107 cm³/mol. The van der Waals surface area contributed by atoms with Gasteiger partial charge in [-0.15, -0.1) is 0 Å². The first-order valence-electron chi connectivity index (χ1n) is 9.88. The van der Waals surface area contributed by atoms with E-state index < -0.39 is 0 Å². The smallest absolute Gasteiger partial charge is 0.130 e. The van der Waals surface area contributed by atoms with Crippen LogP contribution in [0, 0.1) is 11.7 Å². The van der Waals surface area contributed by atoms with Gasteiger partial charge in [0, 0.05) is 25.2 Å². The van der Waals surface area contributed by atoms with Crippen LogP contribution in [0.5, 0.6) is 0 Å². The van der Waals surface area contributed by atoms with Crippen LogP contribution in [0.2, 0.25) is 0 Å². The van der Waals surface area contributed by atoms with Crippen molar-refractivity contribution in [3.8, 4) is 0 Å². The average molecular weight is 360 g/mol. The summed E-state index contributed by atoms with van der Waals surface area (Å²) in [7, 11) is 0. The van der Waals surface area contributed by atoms with Crippen molar-refractivity contribution in [1.82, 2.24) is 4.90 Å². The molecule has 144 valence electrons. The highest BCUT2D eigenvalue weighted by atomic mass is 19.1. The van der Waals surface area contributed by atoms with Crippen molar-refractivity contribution in [3.63, 3.8) is 0 Å². The second-order valence-corrected chi connectivity index (χ2v) is 8.79. The number of nitrogens with zero attached hydrogens (tertiary/aromatic N) is 1. The first kappa shape index (κ1) is 20.7. The van der Waals surface area contributed by atoms with Gasteiger partial charge in [-0.2, -0.15) is 0 Å². The maximum Gasteiger partial charge on any atom is 0.130 e. The summed E-state index contributed by atoms with van der Waals surface area (Å²) in [5.41, 5.74) is 3.49. The van der Waals surface area contributed by atoms with Crippen molar-refractivity contribution in [2.24, 2.45) is 5.92 Å². The highest BCUT2D eigenvalue weighted by molar-refractivity contribution is 5.75. The topological polar surface area (TPSA) is 20.3 Å². The summed E-state index contributed by atoms with van der Waals surface area (Å²) in [6.45, 7) is 14.3. The van der Waals surface area contributed by atoms with Gasteiger partial charge in [0.2, 0.25) is 0 Å². The second kappa shape index (κ2) is 8.83. The van der Waals surface area contributed by atoms with E-state index in [1.54, 1.807) is 19.1 Å². The number of Topliss-reactive ketones (excluding diaryl/α,β-unsaturated/α-hetero) is 1. The SMILES string of the molecule is C=C(CCC(C)=O)N1CCC(CCc2ccc(F)cc2C(C)(C)C)CC1. The first-order chi connectivity index (χ1) is 12.2. The highest BCUT2D eigenvalue weighted by Gasteiger charge is 2.22. The lowest BCUT2D eigenvalue weighted by Gasteiger charge is -2.35. The highest BCUT2D eigenvalue weighted by Crippen LogP contribution is 2.30. The zero-order valence-electron chi connectivity index (χ0n) is 16.9. The number of carbonyl (C=O) groups is 1. The predicted octanol–water partition coefficient (Wildman–Crippen LogP) is 5.65. The minimum Gasteiger partial charge on any atom is -0.375 e. The number of benzene rings is 1. The summed E-state index contributed by atoms with van der Waals surface area (Å²) >= 11 is 0. The molecule has 0 radical (unpaired) electrons. The average Bonchev–Trinajstić information content (AvgIpc) is 2.58. The Morgan fingerprint density at radius 3 is 2.46 bits per heavy atom. The molecule has 1 aliphatic heterocycles. The molecule has 3 heteroatoms. The number of ketones is 1. The number of carbonyl (C=O) groups excluding carboxylic acids is 1. The fourth-order valence-electron chi connectivity index (χ4n) is 3.84. The molecule has 0 amide bonds. The van der Waals surface area contributed by atoms with Crippen molar-refractivity contribution in [3.05, 3.63) is 47.4 Å². The number of halogens is 1. The molecule has 1 saturated heterocycles. The lowest BCUT2D eigenvalue weighted by molar-refractivity contribution is -0.117. The van der Waals surface area contributed by atoms with E-state index in [1.165, 1.54) is 18.4 Å². The van der Waals surface area contributed by atoms with Crippen LogP contribution in [-0.4, -0.2) is 23.8 Å². The maximum atomic E-state index is 13.7. The molecule has 0 bridgehead atoms. The monoisotopic (exact) mass is 359 g/mol. The van der Waals surface area contributed by atoms with Gasteiger partial charge < -0.3 is 9.69 Å². The van der Waals surface area contributed by atoms with Gasteiger partial charge in [-0.3, -0.25) is 0 Å². The van der Waals surface area contributed by atoms with E-state index in [-0.39, 0.29) is 17.0 Å². The molecule has 26 heavy (non-hydrogen) atoms. The Morgan fingerprint density at radius 1 is 1.23 bits per heavy atom. The van der Waals surface area contributed by atoms with Crippen LogP contribution in [-0.2, 0) is 16.6 Å². The molecule has 2 nitrogen and oxygen atoms in total. The lowest BCUT2D eigenvalue weighted by atomic mass is 9.81. The number of allylic oxidation sites excluding steroid dienone is 1. The zero-order chi connectivity index (χ0) is 19.3. The van der Waals surface area contributed by atoms with Crippen LogP contribution >= 0.6 is 0 Å². The number of aryl methyl sites for hydroxylation is 1. The summed E-state index contributed by atoms with van der Waals surface area (Å²) in [6.07, 6.45) is 5.89. The maximum absolute atomic E-state index is 13.7. The lowest BCUT2D eigenvalue weighted by Crippen LogP contribution is -2.33. The Hall–Kier alpha value is -1.64. The van der Waals surface area contributed by atoms with Crippen LogP contribution < -0.4 is 0 Å². The summed E-state index contributed by atoms with van der Waals surface area (Å²) in [5.74, 6) is 0.802. The quantitative estimate of drug-likeness (QED) is 0.627. The number of rotatable bonds is 7. The molecule has 0 N–H and O–H groups in total. The number of likely N-dealkylation sites (tertiary alicyclic amines) is 1. The second-order valence-electron chi connectivity index (χ2n) is 8.79. The van der Waals surface area contributed by atoms with Gasteiger partial charge in [-0.05, 0) is 73.6 Å². The third-order valence-corrected chi connectivity index (χ3v) is 5.53. The van der Waals surface area contributed by atoms with Crippen molar-refractivity contribution in [2.75, 3.05) is 13.1 Å². The Bertz CT molecular complexity index is 636. The molecule has 1 fully saturated rings. The molecule has 0 saturated carbocycles. The van der Waals surface area contributed by atoms with E-state index in [4.69, 9.17) is 0 Å². The van der Waals surface area contributed by atoms with Crippen LogP contribution in [0.15, 0.2) is 30.5 Å². The molecule has 0 atom stereocenters. The van der Waals surface area contributed by atoms with Crippen LogP contribution in [0.4, 0.5) is 4.39 Å². The van der Waals surface area contributed by atoms with E-state index in [0.29, 0.717) is 12.3 Å². The van der Waals surface area contributed by atoms with Gasteiger partial charge in [-0.25, -0.2) is 4.39 Å². The Morgan fingerprint density at radius 2 is 1.88 bits per heavy atom. The molecule has 0 aromatic heterocycles. The fraction of sp³-hybridized carbons (Fsp3) is 0.609. The van der Waals surface area contributed by atoms with Crippen molar-refractivity contribution in [2.45, 2.75) is 71.6 Å². The fourth-order valence-corrected chi connectivity index (χ4v) is 3.84. The molecule has 1 aromatic carbocycles. The molecule has 0 unspecified atom stereocenters. The van der Waals surface area contributed by atoms with Gasteiger partial charge in [-0.1, -0.05) is 33.4 Å². The van der Waals surface area contributed by atoms with E-state index >= 15 is 0 Å². The number of hydrogen-bond acceptors (Lipinski definition) is 2. The van der Waals surface area contributed by atoms with Gasteiger partial charge in [0.05, 0.1) is 0 Å². The molecule has 0 aliphatic carbocycles. The number of piperidine rings is 1. The summed E-state index contributed by atoms with van der Waals surface area (Å²) in [6, 6.07) is 5.26. The van der Waals surface area contributed by atoms with Crippen LogP contribution in [0.1, 0.15) is 70.9 Å². The molecular weight excluding hydrogens is 325 g/mol. The molecule has 1 heterocycles. The molecule has 1 aromatic rings. The van der Waals surface area contributed by atoms with Gasteiger partial charge in [0.25, 0.3) is 0 Å². The molecule has 1 aliphatic rings. The largest absolute Gasteiger partial charge is 0.375 e. The zero-order valence-corrected chi connectivity index (χ0v) is 16.9. The Balaban J connectivity index is 1.86. The van der Waals surface area contributed by atoms with Gasteiger partial charge in [0.15, 0.2) is 0 Å². The van der Waals surface area contributed by atoms with E-state index in [1.807, 2.05) is 6.07 Å². The molecular formula is C23H34FNO. The minimum absolute atomic E-state index is 0.0325. The summed E-state index contributed by atoms with van der Waals surface area (Å²) in [4.78, 5) is 13.5. The molecule has 0 spiro atoms. The van der Waals surface area contributed by atoms with E-state index in [9.17, 15) is 9.18 Å². The van der Waals surface area contributed by atoms with Crippen molar-refractivity contribution < 1.29 is 9.18 Å².